The molecule has 0 spiro atoms. The zero-order valence-electron chi connectivity index (χ0n) is 18.3. The molecule has 35 heavy (non-hydrogen) atoms. The third-order valence-electron chi connectivity index (χ3n) is 5.28. The van der Waals surface area contributed by atoms with Gasteiger partial charge in [0.1, 0.15) is 17.1 Å². The van der Waals surface area contributed by atoms with Gasteiger partial charge >= 0.3 is 12.0 Å². The summed E-state index contributed by atoms with van der Waals surface area (Å²) in [4.78, 5) is 51.6. The first-order valence-corrected chi connectivity index (χ1v) is 12.8. The van der Waals surface area contributed by atoms with Crippen molar-refractivity contribution < 1.29 is 29.0 Å². The quantitative estimate of drug-likeness (QED) is 0.182. The van der Waals surface area contributed by atoms with E-state index < -0.39 is 41.0 Å². The molecule has 4 rings (SSSR count). The molecule has 4 heterocycles. The first-order chi connectivity index (χ1) is 16.7. The van der Waals surface area contributed by atoms with Crippen LogP contribution in [-0.2, 0) is 26.2 Å². The van der Waals surface area contributed by atoms with Crippen molar-refractivity contribution in [3.8, 4) is 0 Å². The minimum Gasteiger partial charge on any atom is -0.477 e. The molecule has 2 aliphatic rings. The van der Waals surface area contributed by atoms with Gasteiger partial charge in [0, 0.05) is 30.5 Å². The molecule has 0 bridgehead atoms. The highest BCUT2D eigenvalue weighted by atomic mass is 32.2. The van der Waals surface area contributed by atoms with E-state index in [1.807, 2.05) is 0 Å². The van der Waals surface area contributed by atoms with Crippen molar-refractivity contribution in [2.75, 3.05) is 18.6 Å². The Morgan fingerprint density at radius 2 is 2.23 bits per heavy atom. The van der Waals surface area contributed by atoms with Gasteiger partial charge in [-0.1, -0.05) is 17.8 Å². The lowest BCUT2D eigenvalue weighted by Gasteiger charge is -2.56. The number of thioether (sulfide) groups is 2. The number of carboxylic acid groups (broad SMARTS) is 1. The molecule has 2 aromatic heterocycles. The minimum atomic E-state index is -1.82. The Kier molecular flexibility index (Phi) is 7.02. The standard InChI is InChI=1S/C18H20N8O6S3/c1-25-17(22-23-24-25)35-7-8-6-34-15-18(32-2,14(30)26(15)11(8)13(28)29)21-12(27)10(20-16(19)31)9-4-3-5-33-9/h3-5,10,15H,6-7H2,1-2H3,(H,21,27)(H,28,29)(H3,19,20,31)/t10?,15-,18+/m1/s1. The van der Waals surface area contributed by atoms with Crippen molar-refractivity contribution in [3.05, 3.63) is 33.7 Å². The SMILES string of the molecule is CO[C@@]1(NC(=O)C(NC(N)=O)c2cccs2)C(=O)N2C(C(=O)O)=C(CSc3nnnn3C)CS[C@@H]21. The second-order valence-electron chi connectivity index (χ2n) is 7.36. The molecule has 186 valence electrons. The highest BCUT2D eigenvalue weighted by Crippen LogP contribution is 2.47. The summed E-state index contributed by atoms with van der Waals surface area (Å²) in [7, 11) is 2.90. The average Bonchev–Trinajstić information content (AvgIpc) is 3.50. The summed E-state index contributed by atoms with van der Waals surface area (Å²) >= 11 is 3.70. The number of amides is 4. The van der Waals surface area contributed by atoms with Gasteiger partial charge < -0.3 is 26.2 Å². The third-order valence-corrected chi connectivity index (χ3v) is 8.68. The Balaban J connectivity index is 1.57. The summed E-state index contributed by atoms with van der Waals surface area (Å²) in [5.41, 5.74) is 3.74. The van der Waals surface area contributed by atoms with Crippen molar-refractivity contribution >= 4 is 58.7 Å². The Morgan fingerprint density at radius 1 is 1.46 bits per heavy atom. The van der Waals surface area contributed by atoms with Gasteiger partial charge in [-0.05, 0) is 27.4 Å². The maximum absolute atomic E-state index is 13.3. The number of thiophene rings is 1. The normalized spacial score (nSPS) is 22.3. The number of β-lactam (4-membered cyclic amide) rings is 1. The molecule has 1 saturated heterocycles. The Hall–Kier alpha value is -3.15. The summed E-state index contributed by atoms with van der Waals surface area (Å²) < 4.78 is 6.91. The van der Waals surface area contributed by atoms with E-state index in [1.165, 1.54) is 46.7 Å². The highest BCUT2D eigenvalue weighted by Gasteiger charge is 2.67. The number of hydrogen-bond acceptors (Lipinski definition) is 11. The highest BCUT2D eigenvalue weighted by molar-refractivity contribution is 8.01. The van der Waals surface area contributed by atoms with Gasteiger partial charge in [0.15, 0.2) is 0 Å². The zero-order chi connectivity index (χ0) is 25.3. The number of primary amides is 1. The van der Waals surface area contributed by atoms with Crippen LogP contribution < -0.4 is 16.4 Å². The van der Waals surface area contributed by atoms with Gasteiger partial charge in [-0.25, -0.2) is 14.3 Å². The van der Waals surface area contributed by atoms with Crippen LogP contribution in [0.3, 0.4) is 0 Å². The van der Waals surface area contributed by atoms with Gasteiger partial charge in [0.05, 0.1) is 0 Å². The van der Waals surface area contributed by atoms with E-state index in [9.17, 15) is 24.3 Å². The lowest BCUT2D eigenvalue weighted by atomic mass is 9.97. The van der Waals surface area contributed by atoms with Crippen LogP contribution in [0.2, 0.25) is 0 Å². The average molecular weight is 541 g/mol. The number of tetrazole rings is 1. The van der Waals surface area contributed by atoms with Crippen LogP contribution in [0.25, 0.3) is 0 Å². The van der Waals surface area contributed by atoms with Gasteiger partial charge in [0.25, 0.3) is 17.5 Å². The molecule has 0 saturated carbocycles. The predicted octanol–water partition coefficient (Wildman–Crippen LogP) is -0.514. The molecule has 4 amide bonds. The van der Waals surface area contributed by atoms with E-state index in [0.29, 0.717) is 15.6 Å². The van der Waals surface area contributed by atoms with Crippen molar-refractivity contribution in [2.45, 2.75) is 22.3 Å². The number of rotatable bonds is 9. The number of carboxylic acids is 1. The lowest BCUT2D eigenvalue weighted by molar-refractivity contribution is -0.192. The number of ether oxygens (including phenoxy) is 1. The number of aliphatic carboxylic acids is 1. The van der Waals surface area contributed by atoms with E-state index in [0.717, 1.165) is 4.90 Å². The summed E-state index contributed by atoms with van der Waals surface area (Å²) in [6.07, 6.45) is 0. The second kappa shape index (κ2) is 9.84. The van der Waals surface area contributed by atoms with Crippen molar-refractivity contribution in [2.24, 2.45) is 12.8 Å². The van der Waals surface area contributed by atoms with Crippen LogP contribution >= 0.6 is 34.9 Å². The number of methoxy groups -OCH3 is 1. The van der Waals surface area contributed by atoms with Gasteiger partial charge in [-0.2, -0.15) is 0 Å². The molecule has 2 aromatic rings. The Labute approximate surface area is 210 Å². The van der Waals surface area contributed by atoms with Crippen LogP contribution in [-0.4, -0.2) is 83.7 Å². The number of hydrogen-bond donors (Lipinski definition) is 4. The summed E-state index contributed by atoms with van der Waals surface area (Å²) in [6.45, 7) is 0. The van der Waals surface area contributed by atoms with Crippen LogP contribution in [0, 0.1) is 0 Å². The summed E-state index contributed by atoms with van der Waals surface area (Å²) in [6, 6.07) is 1.26. The molecule has 0 aromatic carbocycles. The number of urea groups is 1. The van der Waals surface area contributed by atoms with Crippen molar-refractivity contribution in [3.63, 3.8) is 0 Å². The molecule has 0 radical (unpaired) electrons. The van der Waals surface area contributed by atoms with E-state index in [2.05, 4.69) is 26.2 Å². The minimum absolute atomic E-state index is 0.173. The third kappa shape index (κ3) is 4.46. The van der Waals surface area contributed by atoms with Crippen LogP contribution in [0.1, 0.15) is 10.9 Å². The molecule has 1 fully saturated rings. The molecule has 0 aliphatic carbocycles. The molecule has 14 nitrogen and oxygen atoms in total. The largest absolute Gasteiger partial charge is 0.477 e. The predicted molar refractivity (Wildman–Crippen MR) is 125 cm³/mol. The second-order valence-corrected chi connectivity index (χ2v) is 10.3. The van der Waals surface area contributed by atoms with Gasteiger partial charge in [0.2, 0.25) is 5.16 Å². The number of carbonyl (C=O) groups excluding carboxylic acids is 3. The number of fused-ring (bicyclic) bond motifs is 1. The van der Waals surface area contributed by atoms with Gasteiger partial charge in [-0.15, -0.1) is 28.2 Å². The van der Waals surface area contributed by atoms with Crippen molar-refractivity contribution in [1.82, 2.24) is 35.7 Å². The zero-order valence-corrected chi connectivity index (χ0v) is 20.8. The molecular weight excluding hydrogens is 520 g/mol. The van der Waals surface area contributed by atoms with E-state index in [4.69, 9.17) is 10.5 Å². The Bertz CT molecular complexity index is 1200. The summed E-state index contributed by atoms with van der Waals surface area (Å²) in [5, 5.41) is 27.3. The van der Waals surface area contributed by atoms with Gasteiger partial charge in [-0.3, -0.25) is 14.5 Å². The number of aromatic nitrogens is 4. The van der Waals surface area contributed by atoms with E-state index in [1.54, 1.807) is 24.6 Å². The van der Waals surface area contributed by atoms with Crippen LogP contribution in [0.15, 0.2) is 33.9 Å². The maximum atomic E-state index is 13.3. The first kappa shape index (κ1) is 25.0. The van der Waals surface area contributed by atoms with E-state index >= 15 is 0 Å². The van der Waals surface area contributed by atoms with E-state index in [-0.39, 0.29) is 17.2 Å². The molecule has 1 unspecified atom stereocenters. The number of aryl methyl sites for hydroxylation is 1. The monoisotopic (exact) mass is 540 g/mol. The first-order valence-electron chi connectivity index (χ1n) is 9.92. The van der Waals surface area contributed by atoms with Crippen LogP contribution in [0.4, 0.5) is 4.79 Å². The Morgan fingerprint density at radius 3 is 2.80 bits per heavy atom. The smallest absolute Gasteiger partial charge is 0.352 e. The number of nitrogens with two attached hydrogens (primary N) is 1. The molecular formula is C18H20N8O6S3. The molecule has 17 heteroatoms. The number of nitrogens with zero attached hydrogens (tertiary/aromatic N) is 5. The molecule has 5 N–H and O–H groups in total. The molecule has 2 aliphatic heterocycles. The maximum Gasteiger partial charge on any atom is 0.352 e. The summed E-state index contributed by atoms with van der Waals surface area (Å²) in [5.74, 6) is -2.23. The fourth-order valence-corrected chi connectivity index (χ4v) is 6.87. The lowest BCUT2D eigenvalue weighted by Crippen LogP contribution is -2.81. The van der Waals surface area contributed by atoms with Crippen molar-refractivity contribution in [1.29, 1.82) is 0 Å². The van der Waals surface area contributed by atoms with Crippen LogP contribution in [0.5, 0.6) is 0 Å². The fourth-order valence-electron chi connectivity index (χ4n) is 3.67. The fraction of sp³-hybridized carbons (Fsp3) is 0.389. The number of nitrogens with one attached hydrogen (secondary N) is 2. The topological polar surface area (TPSA) is 195 Å². The molecule has 3 atom stereocenters. The number of carbonyl (C=O) groups is 4.